The van der Waals surface area contributed by atoms with Gasteiger partial charge >= 0.3 is 0 Å². The van der Waals surface area contributed by atoms with Gasteiger partial charge < -0.3 is 5.32 Å². The highest BCUT2D eigenvalue weighted by atomic mass is 79.9. The zero-order chi connectivity index (χ0) is 12.3. The van der Waals surface area contributed by atoms with E-state index in [0.29, 0.717) is 0 Å². The number of pyridine rings is 1. The SMILES string of the molecule is Cc1cc(C)cc(NCc2cncc(Br)c2)c1. The Morgan fingerprint density at radius 2 is 1.76 bits per heavy atom. The van der Waals surface area contributed by atoms with E-state index in [4.69, 9.17) is 0 Å². The first kappa shape index (κ1) is 12.1. The summed E-state index contributed by atoms with van der Waals surface area (Å²) in [6.45, 7) is 5.01. The third kappa shape index (κ3) is 3.56. The van der Waals surface area contributed by atoms with Crippen LogP contribution < -0.4 is 5.32 Å². The number of anilines is 1. The molecule has 0 aliphatic carbocycles. The van der Waals surface area contributed by atoms with Gasteiger partial charge in [0.25, 0.3) is 0 Å². The second kappa shape index (κ2) is 5.32. The van der Waals surface area contributed by atoms with Crippen molar-refractivity contribution in [2.24, 2.45) is 0 Å². The van der Waals surface area contributed by atoms with Crippen molar-refractivity contribution < 1.29 is 0 Å². The molecule has 88 valence electrons. The molecule has 3 heteroatoms. The number of benzene rings is 1. The topological polar surface area (TPSA) is 24.9 Å². The molecule has 1 aromatic heterocycles. The van der Waals surface area contributed by atoms with Gasteiger partial charge in [0.05, 0.1) is 0 Å². The van der Waals surface area contributed by atoms with Crippen molar-refractivity contribution in [3.63, 3.8) is 0 Å². The molecule has 0 aliphatic rings. The number of hydrogen-bond donors (Lipinski definition) is 1. The molecular weight excluding hydrogens is 276 g/mol. The van der Waals surface area contributed by atoms with Crippen molar-refractivity contribution >= 4 is 21.6 Å². The molecule has 0 atom stereocenters. The van der Waals surface area contributed by atoms with Crippen molar-refractivity contribution in [2.75, 3.05) is 5.32 Å². The van der Waals surface area contributed by atoms with Crippen LogP contribution in [0, 0.1) is 13.8 Å². The smallest absolute Gasteiger partial charge is 0.0416 e. The molecule has 1 N–H and O–H groups in total. The van der Waals surface area contributed by atoms with E-state index in [1.807, 2.05) is 6.20 Å². The van der Waals surface area contributed by atoms with E-state index in [1.165, 1.54) is 16.7 Å². The average molecular weight is 291 g/mol. The second-order valence-corrected chi connectivity index (χ2v) is 5.16. The number of aryl methyl sites for hydroxylation is 2. The molecule has 0 bridgehead atoms. The number of rotatable bonds is 3. The van der Waals surface area contributed by atoms with Crippen molar-refractivity contribution in [2.45, 2.75) is 20.4 Å². The van der Waals surface area contributed by atoms with E-state index >= 15 is 0 Å². The number of aromatic nitrogens is 1. The van der Waals surface area contributed by atoms with Gasteiger partial charge in [-0.05, 0) is 64.7 Å². The summed E-state index contributed by atoms with van der Waals surface area (Å²) in [5, 5.41) is 3.41. The fourth-order valence-electron chi connectivity index (χ4n) is 1.83. The summed E-state index contributed by atoms with van der Waals surface area (Å²) >= 11 is 3.42. The highest BCUT2D eigenvalue weighted by Gasteiger charge is 1.97. The van der Waals surface area contributed by atoms with E-state index in [9.17, 15) is 0 Å². The van der Waals surface area contributed by atoms with Crippen LogP contribution in [0.1, 0.15) is 16.7 Å². The summed E-state index contributed by atoms with van der Waals surface area (Å²) in [6.07, 6.45) is 3.67. The number of nitrogens with zero attached hydrogens (tertiary/aromatic N) is 1. The van der Waals surface area contributed by atoms with Gasteiger partial charge in [-0.15, -0.1) is 0 Å². The number of hydrogen-bond acceptors (Lipinski definition) is 2. The minimum Gasteiger partial charge on any atom is -0.381 e. The monoisotopic (exact) mass is 290 g/mol. The Morgan fingerprint density at radius 3 is 2.41 bits per heavy atom. The molecule has 0 fully saturated rings. The molecule has 0 spiro atoms. The molecule has 0 saturated heterocycles. The average Bonchev–Trinajstić information content (AvgIpc) is 2.25. The van der Waals surface area contributed by atoms with Crippen LogP contribution in [0.25, 0.3) is 0 Å². The predicted molar refractivity (Wildman–Crippen MR) is 75.2 cm³/mol. The minimum atomic E-state index is 0.787. The van der Waals surface area contributed by atoms with Crippen molar-refractivity contribution in [1.29, 1.82) is 0 Å². The van der Waals surface area contributed by atoms with Crippen LogP contribution >= 0.6 is 15.9 Å². The summed E-state index contributed by atoms with van der Waals surface area (Å²) in [5.41, 5.74) is 4.88. The molecule has 2 aromatic rings. The zero-order valence-corrected chi connectivity index (χ0v) is 11.6. The van der Waals surface area contributed by atoms with Crippen molar-refractivity contribution in [1.82, 2.24) is 4.98 Å². The van der Waals surface area contributed by atoms with Crippen LogP contribution in [-0.4, -0.2) is 4.98 Å². The van der Waals surface area contributed by atoms with Crippen molar-refractivity contribution in [3.05, 3.63) is 57.8 Å². The third-order valence-corrected chi connectivity index (χ3v) is 2.91. The summed E-state index contributed by atoms with van der Waals surface area (Å²) in [5.74, 6) is 0. The second-order valence-electron chi connectivity index (χ2n) is 4.24. The first-order valence-electron chi connectivity index (χ1n) is 5.55. The van der Waals surface area contributed by atoms with Gasteiger partial charge in [0.1, 0.15) is 0 Å². The quantitative estimate of drug-likeness (QED) is 0.922. The Morgan fingerprint density at radius 1 is 1.06 bits per heavy atom. The third-order valence-electron chi connectivity index (χ3n) is 2.48. The number of halogens is 1. The van der Waals surface area contributed by atoms with Gasteiger partial charge in [0, 0.05) is 29.1 Å². The lowest BCUT2D eigenvalue weighted by atomic mass is 10.1. The standard InChI is InChI=1S/C14H15BrN2/c1-10-3-11(2)5-14(4-10)17-8-12-6-13(15)9-16-7-12/h3-7,9,17H,8H2,1-2H3. The molecule has 0 amide bonds. The van der Waals surface area contributed by atoms with Gasteiger partial charge in [0.15, 0.2) is 0 Å². The normalized spacial score (nSPS) is 10.3. The molecule has 0 saturated carbocycles. The van der Waals surface area contributed by atoms with Crippen LogP contribution in [0.4, 0.5) is 5.69 Å². The maximum absolute atomic E-state index is 4.14. The molecule has 17 heavy (non-hydrogen) atoms. The van der Waals surface area contributed by atoms with Gasteiger partial charge in [-0.1, -0.05) is 6.07 Å². The van der Waals surface area contributed by atoms with Crippen LogP contribution in [0.2, 0.25) is 0 Å². The summed E-state index contributed by atoms with van der Waals surface area (Å²) < 4.78 is 1.01. The van der Waals surface area contributed by atoms with Crippen LogP contribution in [-0.2, 0) is 6.54 Å². The maximum Gasteiger partial charge on any atom is 0.0416 e. The van der Waals surface area contributed by atoms with Crippen LogP contribution in [0.5, 0.6) is 0 Å². The molecule has 1 aromatic carbocycles. The highest BCUT2D eigenvalue weighted by molar-refractivity contribution is 9.10. The Balaban J connectivity index is 2.07. The van der Waals surface area contributed by atoms with E-state index < -0.39 is 0 Å². The summed E-state index contributed by atoms with van der Waals surface area (Å²) in [7, 11) is 0. The Kier molecular flexibility index (Phi) is 3.79. The molecule has 2 rings (SSSR count). The lowest BCUT2D eigenvalue weighted by Crippen LogP contribution is -2.00. The molecule has 0 aliphatic heterocycles. The van der Waals surface area contributed by atoms with Crippen molar-refractivity contribution in [3.8, 4) is 0 Å². The van der Waals surface area contributed by atoms with Gasteiger partial charge in [-0.2, -0.15) is 0 Å². The first-order chi connectivity index (χ1) is 8.13. The number of nitrogens with one attached hydrogen (secondary N) is 1. The molecule has 1 heterocycles. The predicted octanol–water partition coefficient (Wildman–Crippen LogP) is 4.07. The van der Waals surface area contributed by atoms with E-state index in [0.717, 1.165) is 16.7 Å². The van der Waals surface area contributed by atoms with Gasteiger partial charge in [0.2, 0.25) is 0 Å². The van der Waals surface area contributed by atoms with Crippen LogP contribution in [0.15, 0.2) is 41.1 Å². The van der Waals surface area contributed by atoms with Crippen LogP contribution in [0.3, 0.4) is 0 Å². The zero-order valence-electron chi connectivity index (χ0n) is 10.00. The fourth-order valence-corrected chi connectivity index (χ4v) is 2.25. The molecule has 2 nitrogen and oxygen atoms in total. The Bertz CT molecular complexity index is 503. The molecule has 0 unspecified atom stereocenters. The van der Waals surface area contributed by atoms with Gasteiger partial charge in [-0.25, -0.2) is 0 Å². The lowest BCUT2D eigenvalue weighted by molar-refractivity contribution is 1.10. The lowest BCUT2D eigenvalue weighted by Gasteiger charge is -2.08. The summed E-state index contributed by atoms with van der Waals surface area (Å²) in [6, 6.07) is 8.55. The first-order valence-corrected chi connectivity index (χ1v) is 6.34. The highest BCUT2D eigenvalue weighted by Crippen LogP contribution is 2.16. The van der Waals surface area contributed by atoms with Gasteiger partial charge in [-0.3, -0.25) is 4.98 Å². The molecule has 0 radical (unpaired) electrons. The van der Waals surface area contributed by atoms with E-state index in [-0.39, 0.29) is 0 Å². The maximum atomic E-state index is 4.14. The Labute approximate surface area is 110 Å². The molecular formula is C14H15BrN2. The van der Waals surface area contributed by atoms with E-state index in [2.05, 4.69) is 64.3 Å². The Hall–Kier alpha value is -1.35. The largest absolute Gasteiger partial charge is 0.381 e. The minimum absolute atomic E-state index is 0.787. The van der Waals surface area contributed by atoms with E-state index in [1.54, 1.807) is 6.20 Å². The fraction of sp³-hybridized carbons (Fsp3) is 0.214. The summed E-state index contributed by atoms with van der Waals surface area (Å²) in [4.78, 5) is 4.14.